The van der Waals surface area contributed by atoms with Crippen molar-refractivity contribution in [1.82, 2.24) is 14.4 Å². The summed E-state index contributed by atoms with van der Waals surface area (Å²) in [5.74, 6) is 0. The summed E-state index contributed by atoms with van der Waals surface area (Å²) in [6.45, 7) is 1.95. The van der Waals surface area contributed by atoms with Gasteiger partial charge in [-0.3, -0.25) is 4.98 Å². The highest BCUT2D eigenvalue weighted by Crippen LogP contribution is 2.35. The summed E-state index contributed by atoms with van der Waals surface area (Å²) in [6, 6.07) is 12.6. The van der Waals surface area contributed by atoms with Crippen LogP contribution in [0.15, 0.2) is 67.1 Å². The standard InChI is InChI=1S/C20H14F3N3/c1-13-11-25-18-8-7-15(12-26(13)18)17-6-3-9-24-19(17)14-4-2-5-16(10-14)20(21,22)23/h2-12H,1H3. The van der Waals surface area contributed by atoms with Crippen LogP contribution in [0.25, 0.3) is 28.0 Å². The molecule has 0 unspecified atom stereocenters. The molecule has 0 radical (unpaired) electrons. The van der Waals surface area contributed by atoms with Crippen LogP contribution in [0.5, 0.6) is 0 Å². The van der Waals surface area contributed by atoms with Crippen molar-refractivity contribution in [1.29, 1.82) is 0 Å². The Labute approximate surface area is 147 Å². The summed E-state index contributed by atoms with van der Waals surface area (Å²) >= 11 is 0. The zero-order chi connectivity index (χ0) is 18.3. The van der Waals surface area contributed by atoms with Gasteiger partial charge in [-0.2, -0.15) is 13.2 Å². The van der Waals surface area contributed by atoms with Crippen LogP contribution in [-0.2, 0) is 6.18 Å². The average Bonchev–Trinajstić information content (AvgIpc) is 3.02. The first-order valence-corrected chi connectivity index (χ1v) is 8.00. The van der Waals surface area contributed by atoms with Gasteiger partial charge in [0, 0.05) is 41.0 Å². The van der Waals surface area contributed by atoms with E-state index in [1.807, 2.05) is 35.7 Å². The molecular weight excluding hydrogens is 339 g/mol. The maximum absolute atomic E-state index is 13.1. The van der Waals surface area contributed by atoms with Crippen molar-refractivity contribution >= 4 is 5.65 Å². The average molecular weight is 353 g/mol. The SMILES string of the molecule is Cc1cnc2ccc(-c3cccnc3-c3cccc(C(F)(F)F)c3)cn12. The van der Waals surface area contributed by atoms with E-state index in [0.717, 1.165) is 34.6 Å². The van der Waals surface area contributed by atoms with E-state index in [0.29, 0.717) is 11.3 Å². The van der Waals surface area contributed by atoms with E-state index in [9.17, 15) is 13.2 Å². The van der Waals surface area contributed by atoms with Crippen LogP contribution >= 0.6 is 0 Å². The Morgan fingerprint density at radius 3 is 2.58 bits per heavy atom. The lowest BCUT2D eigenvalue weighted by Gasteiger charge is -2.12. The first kappa shape index (κ1) is 16.3. The number of hydrogen-bond acceptors (Lipinski definition) is 2. The van der Waals surface area contributed by atoms with Crippen LogP contribution in [0.1, 0.15) is 11.3 Å². The third-order valence-electron chi connectivity index (χ3n) is 4.27. The Bertz CT molecular complexity index is 1100. The molecule has 6 heteroatoms. The maximum atomic E-state index is 13.1. The molecule has 0 spiro atoms. The molecule has 0 amide bonds. The van der Waals surface area contributed by atoms with Crippen LogP contribution in [0, 0.1) is 6.92 Å². The minimum atomic E-state index is -4.39. The summed E-state index contributed by atoms with van der Waals surface area (Å²) in [4.78, 5) is 8.64. The number of imidazole rings is 1. The molecule has 3 aromatic heterocycles. The van der Waals surface area contributed by atoms with Gasteiger partial charge in [0.1, 0.15) is 5.65 Å². The molecule has 0 saturated carbocycles. The molecule has 0 fully saturated rings. The van der Waals surface area contributed by atoms with E-state index in [1.165, 1.54) is 6.07 Å². The lowest BCUT2D eigenvalue weighted by atomic mass is 9.99. The second-order valence-electron chi connectivity index (χ2n) is 6.02. The van der Waals surface area contributed by atoms with E-state index in [2.05, 4.69) is 9.97 Å². The highest BCUT2D eigenvalue weighted by atomic mass is 19.4. The highest BCUT2D eigenvalue weighted by molar-refractivity contribution is 5.81. The second-order valence-corrected chi connectivity index (χ2v) is 6.02. The largest absolute Gasteiger partial charge is 0.416 e. The summed E-state index contributed by atoms with van der Waals surface area (Å²) < 4.78 is 41.1. The molecule has 1 aromatic carbocycles. The predicted octanol–water partition coefficient (Wildman–Crippen LogP) is 5.39. The van der Waals surface area contributed by atoms with Crippen molar-refractivity contribution in [3.05, 3.63) is 78.4 Å². The number of halogens is 3. The molecule has 130 valence electrons. The quantitative estimate of drug-likeness (QED) is 0.484. The topological polar surface area (TPSA) is 30.2 Å². The number of rotatable bonds is 2. The molecule has 4 aromatic rings. The van der Waals surface area contributed by atoms with Crippen LogP contribution in [0.2, 0.25) is 0 Å². The molecule has 0 saturated heterocycles. The van der Waals surface area contributed by atoms with Gasteiger partial charge in [0.2, 0.25) is 0 Å². The minimum Gasteiger partial charge on any atom is -0.304 e. The van der Waals surface area contributed by atoms with Crippen LogP contribution in [-0.4, -0.2) is 14.4 Å². The smallest absolute Gasteiger partial charge is 0.304 e. The zero-order valence-corrected chi connectivity index (χ0v) is 13.8. The zero-order valence-electron chi connectivity index (χ0n) is 13.8. The van der Waals surface area contributed by atoms with Gasteiger partial charge >= 0.3 is 6.18 Å². The van der Waals surface area contributed by atoms with Gasteiger partial charge < -0.3 is 4.40 Å². The Balaban J connectivity index is 1.88. The van der Waals surface area contributed by atoms with E-state index >= 15 is 0 Å². The maximum Gasteiger partial charge on any atom is 0.416 e. The van der Waals surface area contributed by atoms with E-state index in [1.54, 1.807) is 24.5 Å². The summed E-state index contributed by atoms with van der Waals surface area (Å²) in [5.41, 5.74) is 3.67. The van der Waals surface area contributed by atoms with Crippen LogP contribution < -0.4 is 0 Å². The second kappa shape index (κ2) is 5.98. The molecule has 0 aliphatic heterocycles. The van der Waals surface area contributed by atoms with Crippen molar-refractivity contribution in [2.24, 2.45) is 0 Å². The van der Waals surface area contributed by atoms with Gasteiger partial charge in [-0.1, -0.05) is 18.2 Å². The lowest BCUT2D eigenvalue weighted by molar-refractivity contribution is -0.137. The van der Waals surface area contributed by atoms with Crippen LogP contribution in [0.4, 0.5) is 13.2 Å². The first-order chi connectivity index (χ1) is 12.4. The van der Waals surface area contributed by atoms with E-state index in [-0.39, 0.29) is 0 Å². The lowest BCUT2D eigenvalue weighted by Crippen LogP contribution is -2.04. The number of hydrogen-bond donors (Lipinski definition) is 0. The normalized spacial score (nSPS) is 11.8. The monoisotopic (exact) mass is 353 g/mol. The molecule has 4 rings (SSSR count). The highest BCUT2D eigenvalue weighted by Gasteiger charge is 2.30. The van der Waals surface area contributed by atoms with E-state index in [4.69, 9.17) is 0 Å². The summed E-state index contributed by atoms with van der Waals surface area (Å²) in [7, 11) is 0. The van der Waals surface area contributed by atoms with Gasteiger partial charge in [-0.05, 0) is 37.3 Å². The van der Waals surface area contributed by atoms with E-state index < -0.39 is 11.7 Å². The minimum absolute atomic E-state index is 0.429. The molecule has 0 atom stereocenters. The number of fused-ring (bicyclic) bond motifs is 1. The number of benzene rings is 1. The fraction of sp³-hybridized carbons (Fsp3) is 0.100. The van der Waals surface area contributed by atoms with Crippen molar-refractivity contribution in [3.8, 4) is 22.4 Å². The molecule has 0 aliphatic rings. The van der Waals surface area contributed by atoms with Gasteiger partial charge in [-0.25, -0.2) is 4.98 Å². The Kier molecular flexibility index (Phi) is 3.76. The number of nitrogens with zero attached hydrogens (tertiary/aromatic N) is 3. The van der Waals surface area contributed by atoms with Crippen LogP contribution in [0.3, 0.4) is 0 Å². The molecule has 0 N–H and O–H groups in total. The van der Waals surface area contributed by atoms with Crippen molar-refractivity contribution in [2.75, 3.05) is 0 Å². The Morgan fingerprint density at radius 2 is 1.77 bits per heavy atom. The predicted molar refractivity (Wildman–Crippen MR) is 93.6 cm³/mol. The number of alkyl halides is 3. The number of aromatic nitrogens is 3. The van der Waals surface area contributed by atoms with Crippen molar-refractivity contribution in [2.45, 2.75) is 13.1 Å². The van der Waals surface area contributed by atoms with Gasteiger partial charge in [-0.15, -0.1) is 0 Å². The molecular formula is C20H14F3N3. The number of aryl methyl sites for hydroxylation is 1. The molecule has 3 heterocycles. The van der Waals surface area contributed by atoms with Gasteiger partial charge in [0.05, 0.1) is 11.3 Å². The summed E-state index contributed by atoms with van der Waals surface area (Å²) in [6.07, 6.45) is 0.889. The van der Waals surface area contributed by atoms with Gasteiger partial charge in [0.25, 0.3) is 0 Å². The Morgan fingerprint density at radius 1 is 0.923 bits per heavy atom. The first-order valence-electron chi connectivity index (χ1n) is 8.00. The van der Waals surface area contributed by atoms with Crippen molar-refractivity contribution in [3.63, 3.8) is 0 Å². The molecule has 0 bridgehead atoms. The molecule has 26 heavy (non-hydrogen) atoms. The molecule has 0 aliphatic carbocycles. The molecule has 3 nitrogen and oxygen atoms in total. The van der Waals surface area contributed by atoms with Crippen molar-refractivity contribution < 1.29 is 13.2 Å². The number of pyridine rings is 2. The van der Waals surface area contributed by atoms with Gasteiger partial charge in [0.15, 0.2) is 0 Å². The fourth-order valence-electron chi connectivity index (χ4n) is 2.97. The Hall–Kier alpha value is -3.15. The fourth-order valence-corrected chi connectivity index (χ4v) is 2.97. The summed E-state index contributed by atoms with van der Waals surface area (Å²) in [5, 5.41) is 0. The third kappa shape index (κ3) is 2.83. The third-order valence-corrected chi connectivity index (χ3v) is 4.27.